The van der Waals surface area contributed by atoms with Crippen LogP contribution in [0.3, 0.4) is 0 Å². The molecule has 0 fully saturated rings. The zero-order valence-electron chi connectivity index (χ0n) is 11.6. The maximum absolute atomic E-state index is 11.8. The van der Waals surface area contributed by atoms with E-state index in [0.29, 0.717) is 17.7 Å². The maximum Gasteiger partial charge on any atom is 0.251 e. The van der Waals surface area contributed by atoms with Crippen molar-refractivity contribution in [2.24, 2.45) is 0 Å². The summed E-state index contributed by atoms with van der Waals surface area (Å²) < 4.78 is 0. The van der Waals surface area contributed by atoms with Crippen LogP contribution in [0.25, 0.3) is 0 Å². The van der Waals surface area contributed by atoms with Crippen molar-refractivity contribution < 1.29 is 9.59 Å². The molecule has 2 amide bonds. The lowest BCUT2D eigenvalue weighted by Crippen LogP contribution is -2.30. The summed E-state index contributed by atoms with van der Waals surface area (Å²) in [5.41, 5.74) is 1.16. The second-order valence-electron chi connectivity index (χ2n) is 4.37. The predicted octanol–water partition coefficient (Wildman–Crippen LogP) is 1.37. The van der Waals surface area contributed by atoms with Gasteiger partial charge in [-0.2, -0.15) is 0 Å². The van der Waals surface area contributed by atoms with Crippen LogP contribution in [0.15, 0.2) is 24.3 Å². The number of carbonyl (C=O) groups is 2. The first-order valence-electron chi connectivity index (χ1n) is 6.42. The molecular formula is C14H21N3O2. The molecule has 0 radical (unpaired) electrons. The molecule has 1 atom stereocenters. The highest BCUT2D eigenvalue weighted by atomic mass is 16.2. The topological polar surface area (TPSA) is 70.2 Å². The van der Waals surface area contributed by atoms with E-state index in [-0.39, 0.29) is 17.9 Å². The molecule has 19 heavy (non-hydrogen) atoms. The summed E-state index contributed by atoms with van der Waals surface area (Å²) in [4.78, 5) is 23.3. The van der Waals surface area contributed by atoms with Crippen molar-refractivity contribution >= 4 is 17.5 Å². The van der Waals surface area contributed by atoms with Crippen molar-refractivity contribution in [1.82, 2.24) is 10.6 Å². The molecule has 1 rings (SSSR count). The standard InChI is InChI=1S/C14H21N3O2/c1-4-16-10(2)8-13(18)17-12-7-5-6-11(9-12)14(19)15-3/h5-7,9-10,16H,4,8H2,1-3H3,(H,15,19)(H,17,18). The van der Waals surface area contributed by atoms with E-state index >= 15 is 0 Å². The first kappa shape index (κ1) is 15.2. The van der Waals surface area contributed by atoms with Gasteiger partial charge in [0.25, 0.3) is 5.91 Å². The Morgan fingerprint density at radius 2 is 2.05 bits per heavy atom. The van der Waals surface area contributed by atoms with Crippen molar-refractivity contribution in [3.63, 3.8) is 0 Å². The van der Waals surface area contributed by atoms with E-state index in [1.165, 1.54) is 0 Å². The van der Waals surface area contributed by atoms with Crippen LogP contribution < -0.4 is 16.0 Å². The fraction of sp³-hybridized carbons (Fsp3) is 0.429. The highest BCUT2D eigenvalue weighted by molar-refractivity contribution is 5.97. The lowest BCUT2D eigenvalue weighted by molar-refractivity contribution is -0.116. The molecule has 1 unspecified atom stereocenters. The third-order valence-corrected chi connectivity index (χ3v) is 2.68. The van der Waals surface area contributed by atoms with Crippen LogP contribution in [-0.2, 0) is 4.79 Å². The number of benzene rings is 1. The largest absolute Gasteiger partial charge is 0.355 e. The molecule has 0 spiro atoms. The fourth-order valence-electron chi connectivity index (χ4n) is 1.79. The third-order valence-electron chi connectivity index (χ3n) is 2.68. The Balaban J connectivity index is 2.62. The highest BCUT2D eigenvalue weighted by Gasteiger charge is 2.09. The summed E-state index contributed by atoms with van der Waals surface area (Å²) in [5.74, 6) is -0.236. The van der Waals surface area contributed by atoms with Gasteiger partial charge in [-0.1, -0.05) is 13.0 Å². The average Bonchev–Trinajstić information content (AvgIpc) is 2.38. The Labute approximate surface area is 113 Å². The average molecular weight is 263 g/mol. The molecule has 5 nitrogen and oxygen atoms in total. The van der Waals surface area contributed by atoms with Gasteiger partial charge in [0.1, 0.15) is 0 Å². The van der Waals surface area contributed by atoms with E-state index in [0.717, 1.165) is 6.54 Å². The van der Waals surface area contributed by atoms with Gasteiger partial charge >= 0.3 is 0 Å². The van der Waals surface area contributed by atoms with Crippen LogP contribution in [0.1, 0.15) is 30.6 Å². The fourth-order valence-corrected chi connectivity index (χ4v) is 1.79. The Hall–Kier alpha value is -1.88. The minimum Gasteiger partial charge on any atom is -0.355 e. The smallest absolute Gasteiger partial charge is 0.251 e. The van der Waals surface area contributed by atoms with Crippen LogP contribution in [0.2, 0.25) is 0 Å². The second-order valence-corrected chi connectivity index (χ2v) is 4.37. The first-order valence-corrected chi connectivity index (χ1v) is 6.42. The monoisotopic (exact) mass is 263 g/mol. The van der Waals surface area contributed by atoms with Gasteiger partial charge in [-0.05, 0) is 31.7 Å². The van der Waals surface area contributed by atoms with E-state index in [4.69, 9.17) is 0 Å². The zero-order valence-corrected chi connectivity index (χ0v) is 11.6. The van der Waals surface area contributed by atoms with E-state index in [9.17, 15) is 9.59 Å². The van der Waals surface area contributed by atoms with Gasteiger partial charge in [0.2, 0.25) is 5.91 Å². The molecule has 104 valence electrons. The van der Waals surface area contributed by atoms with E-state index in [1.807, 2.05) is 13.8 Å². The summed E-state index contributed by atoms with van der Waals surface area (Å²) in [5, 5.41) is 8.52. The zero-order chi connectivity index (χ0) is 14.3. The van der Waals surface area contributed by atoms with Gasteiger partial charge in [-0.15, -0.1) is 0 Å². The van der Waals surface area contributed by atoms with Crippen molar-refractivity contribution in [3.8, 4) is 0 Å². The summed E-state index contributed by atoms with van der Waals surface area (Å²) in [6, 6.07) is 7.01. The Morgan fingerprint density at radius 1 is 1.32 bits per heavy atom. The number of nitrogens with one attached hydrogen (secondary N) is 3. The molecule has 0 bridgehead atoms. The van der Waals surface area contributed by atoms with Crippen molar-refractivity contribution in [2.75, 3.05) is 18.9 Å². The van der Waals surface area contributed by atoms with Gasteiger partial charge in [0.05, 0.1) is 0 Å². The normalized spacial score (nSPS) is 11.7. The van der Waals surface area contributed by atoms with Gasteiger partial charge < -0.3 is 16.0 Å². The van der Waals surface area contributed by atoms with E-state index in [2.05, 4.69) is 16.0 Å². The molecular weight excluding hydrogens is 242 g/mol. The molecule has 1 aromatic rings. The molecule has 0 aliphatic rings. The first-order chi connectivity index (χ1) is 9.06. The minimum atomic E-state index is -0.169. The molecule has 0 aromatic heterocycles. The molecule has 3 N–H and O–H groups in total. The molecule has 0 saturated carbocycles. The highest BCUT2D eigenvalue weighted by Crippen LogP contribution is 2.11. The summed E-state index contributed by atoms with van der Waals surface area (Å²) >= 11 is 0. The van der Waals surface area contributed by atoms with E-state index < -0.39 is 0 Å². The second kappa shape index (κ2) is 7.53. The molecule has 0 aliphatic carbocycles. The molecule has 5 heteroatoms. The molecule has 0 heterocycles. The Bertz CT molecular complexity index is 446. The Morgan fingerprint density at radius 3 is 2.68 bits per heavy atom. The third kappa shape index (κ3) is 5.09. The quantitative estimate of drug-likeness (QED) is 0.726. The maximum atomic E-state index is 11.8. The number of amides is 2. The van der Waals surface area contributed by atoms with Crippen LogP contribution in [0.5, 0.6) is 0 Å². The van der Waals surface area contributed by atoms with Gasteiger partial charge in [0.15, 0.2) is 0 Å². The van der Waals surface area contributed by atoms with Crippen LogP contribution in [-0.4, -0.2) is 31.4 Å². The summed E-state index contributed by atoms with van der Waals surface area (Å²) in [6.45, 7) is 4.80. The number of rotatable bonds is 6. The van der Waals surface area contributed by atoms with Crippen LogP contribution in [0.4, 0.5) is 5.69 Å². The molecule has 0 aliphatic heterocycles. The lowest BCUT2D eigenvalue weighted by atomic mass is 10.1. The summed E-state index contributed by atoms with van der Waals surface area (Å²) in [6.07, 6.45) is 0.401. The van der Waals surface area contributed by atoms with Gasteiger partial charge in [0, 0.05) is 30.8 Å². The van der Waals surface area contributed by atoms with Gasteiger partial charge in [-0.3, -0.25) is 9.59 Å². The minimum absolute atomic E-state index is 0.0671. The number of hydrogen-bond donors (Lipinski definition) is 3. The SMILES string of the molecule is CCNC(C)CC(=O)Nc1cccc(C(=O)NC)c1. The summed E-state index contributed by atoms with van der Waals surface area (Å²) in [7, 11) is 1.58. The van der Waals surface area contributed by atoms with Crippen LogP contribution >= 0.6 is 0 Å². The lowest BCUT2D eigenvalue weighted by Gasteiger charge is -2.12. The number of hydrogen-bond acceptors (Lipinski definition) is 3. The van der Waals surface area contributed by atoms with Crippen LogP contribution in [0, 0.1) is 0 Å². The number of carbonyl (C=O) groups excluding carboxylic acids is 2. The van der Waals surface area contributed by atoms with Gasteiger partial charge in [-0.25, -0.2) is 0 Å². The van der Waals surface area contributed by atoms with Crippen molar-refractivity contribution in [1.29, 1.82) is 0 Å². The molecule has 0 saturated heterocycles. The van der Waals surface area contributed by atoms with Crippen molar-refractivity contribution in [3.05, 3.63) is 29.8 Å². The Kier molecular flexibility index (Phi) is 6.02. The number of anilines is 1. The molecule has 1 aromatic carbocycles. The van der Waals surface area contributed by atoms with Crippen molar-refractivity contribution in [2.45, 2.75) is 26.3 Å². The predicted molar refractivity (Wildman–Crippen MR) is 76.2 cm³/mol. The van der Waals surface area contributed by atoms with E-state index in [1.54, 1.807) is 31.3 Å².